The lowest BCUT2D eigenvalue weighted by atomic mass is 10.1. The highest BCUT2D eigenvalue weighted by atomic mass is 16.5. The first-order valence-corrected chi connectivity index (χ1v) is 21.8. The molecule has 0 fully saturated rings. The summed E-state index contributed by atoms with van der Waals surface area (Å²) in [5, 5.41) is 24.2. The molecule has 0 unspecified atom stereocenters. The van der Waals surface area contributed by atoms with Crippen molar-refractivity contribution >= 4 is 35.1 Å². The zero-order valence-electron chi connectivity index (χ0n) is 37.7. The Balaban J connectivity index is 0.000000199. The van der Waals surface area contributed by atoms with Crippen molar-refractivity contribution in [2.24, 2.45) is 0 Å². The number of benzene rings is 4. The number of ether oxygens (including phenoxy) is 1. The quantitative estimate of drug-likeness (QED) is 0.0691. The van der Waals surface area contributed by atoms with Crippen molar-refractivity contribution in [2.75, 3.05) is 24.4 Å². The van der Waals surface area contributed by atoms with Gasteiger partial charge in [0.05, 0.1) is 36.9 Å². The van der Waals surface area contributed by atoms with Gasteiger partial charge in [0.25, 0.3) is 0 Å². The fraction of sp³-hybridized carbons (Fsp3) is 0.192. The number of carboxylic acid groups (broad SMARTS) is 2. The molecule has 15 nitrogen and oxygen atoms in total. The van der Waals surface area contributed by atoms with Crippen LogP contribution in [0.1, 0.15) is 48.7 Å². The van der Waals surface area contributed by atoms with Crippen molar-refractivity contribution in [1.29, 1.82) is 0 Å². The van der Waals surface area contributed by atoms with Gasteiger partial charge in [-0.1, -0.05) is 31.2 Å². The van der Waals surface area contributed by atoms with Gasteiger partial charge in [-0.15, -0.1) is 0 Å². The van der Waals surface area contributed by atoms with Gasteiger partial charge in [0.2, 0.25) is 11.8 Å². The summed E-state index contributed by atoms with van der Waals surface area (Å²) in [4.78, 5) is 54.3. The van der Waals surface area contributed by atoms with E-state index in [0.717, 1.165) is 73.5 Å². The van der Waals surface area contributed by atoms with E-state index in [0.29, 0.717) is 24.9 Å². The zero-order chi connectivity index (χ0) is 47.5. The van der Waals surface area contributed by atoms with Gasteiger partial charge in [-0.05, 0) is 134 Å². The largest absolute Gasteiger partial charge is 0.481 e. The molecule has 4 N–H and O–H groups in total. The summed E-state index contributed by atoms with van der Waals surface area (Å²) in [6.45, 7) is 5.75. The summed E-state index contributed by atoms with van der Waals surface area (Å²) < 4.78 is 12.9. The number of amides is 2. The number of anilines is 2. The number of aromatic nitrogens is 6. The monoisotopic (exact) mass is 900 g/mol. The van der Waals surface area contributed by atoms with Crippen molar-refractivity contribution in [3.63, 3.8) is 0 Å². The third kappa shape index (κ3) is 11.5. The predicted molar refractivity (Wildman–Crippen MR) is 257 cm³/mol. The van der Waals surface area contributed by atoms with E-state index in [-0.39, 0.29) is 31.3 Å². The molecule has 67 heavy (non-hydrogen) atoms. The molecule has 8 rings (SSSR count). The second kappa shape index (κ2) is 21.6. The second-order valence-corrected chi connectivity index (χ2v) is 15.8. The minimum atomic E-state index is -0.841. The molecule has 8 aromatic rings. The first kappa shape index (κ1) is 46.7. The third-order valence-corrected chi connectivity index (χ3v) is 11.1. The number of methoxy groups -OCH3 is 1. The molecule has 0 bridgehead atoms. The van der Waals surface area contributed by atoms with Gasteiger partial charge in [-0.3, -0.25) is 19.2 Å². The van der Waals surface area contributed by atoms with Crippen LogP contribution in [0.2, 0.25) is 0 Å². The van der Waals surface area contributed by atoms with Crippen LogP contribution >= 0.6 is 0 Å². The van der Waals surface area contributed by atoms with Crippen LogP contribution in [0, 0.1) is 13.8 Å². The van der Waals surface area contributed by atoms with Gasteiger partial charge in [-0.25, -0.2) is 9.97 Å². The first-order chi connectivity index (χ1) is 32.4. The SMILES string of the molecule is CCC(=O)Nc1ccc(-n2c(CCC(=O)O)ccc2-c2ccc(-n3ccnc3)cc2)c(C)c1.COCC(=O)Nc1ccc(-n2c(CCC(=O)O)ccc2-c2ccc(-n3ccnc3)cc2)c(C)c1. The van der Waals surface area contributed by atoms with Crippen LogP contribution in [0.4, 0.5) is 11.4 Å². The van der Waals surface area contributed by atoms with Crippen LogP contribution in [0.3, 0.4) is 0 Å². The summed E-state index contributed by atoms with van der Waals surface area (Å²) in [7, 11) is 1.47. The molecule has 0 atom stereocenters. The number of aliphatic carboxylic acids is 2. The second-order valence-electron chi connectivity index (χ2n) is 15.8. The standard InChI is InChI=1S/C26H26N4O4.C26H26N4O3/c1-18-15-20(28-25(31)16-34-2)5-10-23(18)30-22(9-12-26(32)33)8-11-24(30)19-3-6-21(7-4-19)29-14-13-27-17-29;1-3-25(31)28-20-6-11-23(18(2)16-20)30-22(10-13-26(32)33)9-12-24(30)19-4-7-21(8-5-19)29-15-14-27-17-29/h3-8,10-11,13-15,17H,9,12,16H2,1-2H3,(H,28,31)(H,32,33);4-9,11-12,14-17H,3,10,13H2,1-2H3,(H,28,31)(H,32,33). The summed E-state index contributed by atoms with van der Waals surface area (Å²) in [5.74, 6) is -1.93. The highest BCUT2D eigenvalue weighted by Gasteiger charge is 2.18. The van der Waals surface area contributed by atoms with Crippen LogP contribution < -0.4 is 10.6 Å². The molecule has 4 aromatic heterocycles. The maximum atomic E-state index is 11.9. The zero-order valence-corrected chi connectivity index (χ0v) is 37.7. The summed E-state index contributed by atoms with van der Waals surface area (Å²) in [6, 6.07) is 35.7. The maximum absolute atomic E-state index is 11.9. The molecule has 0 saturated carbocycles. The van der Waals surface area contributed by atoms with Crippen LogP contribution in [0.5, 0.6) is 0 Å². The van der Waals surface area contributed by atoms with Gasteiger partial charge < -0.3 is 43.9 Å². The predicted octanol–water partition coefficient (Wildman–Crippen LogP) is 9.24. The lowest BCUT2D eigenvalue weighted by molar-refractivity contribution is -0.138. The topological polar surface area (TPSA) is 188 Å². The molecular formula is C52H52N8O7. The van der Waals surface area contributed by atoms with Crippen molar-refractivity contribution < 1.29 is 34.1 Å². The summed E-state index contributed by atoms with van der Waals surface area (Å²) >= 11 is 0. The van der Waals surface area contributed by atoms with Gasteiger partial charge >= 0.3 is 11.9 Å². The maximum Gasteiger partial charge on any atom is 0.303 e. The molecule has 4 heterocycles. The van der Waals surface area contributed by atoms with Gasteiger partial charge in [0.1, 0.15) is 6.61 Å². The number of hydrogen-bond acceptors (Lipinski definition) is 7. The van der Waals surface area contributed by atoms with Gasteiger partial charge in [-0.2, -0.15) is 0 Å². The first-order valence-electron chi connectivity index (χ1n) is 21.8. The average Bonchev–Trinajstić information content (AvgIpc) is 4.17. The Morgan fingerprint density at radius 2 is 1.01 bits per heavy atom. The van der Waals surface area contributed by atoms with Crippen molar-refractivity contribution in [3.05, 3.63) is 169 Å². The Bertz CT molecular complexity index is 2970. The van der Waals surface area contributed by atoms with E-state index in [9.17, 15) is 29.4 Å². The van der Waals surface area contributed by atoms with E-state index in [1.54, 1.807) is 25.0 Å². The average molecular weight is 901 g/mol. The molecule has 0 aliphatic carbocycles. The fourth-order valence-corrected chi connectivity index (χ4v) is 7.82. The molecule has 4 aromatic carbocycles. The van der Waals surface area contributed by atoms with E-state index in [1.165, 1.54) is 7.11 Å². The molecule has 2 amide bonds. The Morgan fingerprint density at radius 1 is 0.582 bits per heavy atom. The van der Waals surface area contributed by atoms with E-state index >= 15 is 0 Å². The molecule has 0 saturated heterocycles. The lowest BCUT2D eigenvalue weighted by Crippen LogP contribution is -2.17. The smallest absolute Gasteiger partial charge is 0.303 e. The van der Waals surface area contributed by atoms with Crippen LogP contribution in [0.15, 0.2) is 147 Å². The van der Waals surface area contributed by atoms with Crippen molar-refractivity contribution in [3.8, 4) is 45.3 Å². The number of nitrogens with zero attached hydrogens (tertiary/aromatic N) is 6. The molecule has 0 aliphatic heterocycles. The number of imidazole rings is 2. The molecule has 342 valence electrons. The molecule has 0 radical (unpaired) electrons. The number of hydrogen-bond donors (Lipinski definition) is 4. The number of nitrogens with one attached hydrogen (secondary N) is 2. The van der Waals surface area contributed by atoms with Crippen molar-refractivity contribution in [2.45, 2.75) is 52.9 Å². The molecule has 0 aliphatic rings. The van der Waals surface area contributed by atoms with E-state index < -0.39 is 11.9 Å². The summed E-state index contributed by atoms with van der Waals surface area (Å²) in [6.07, 6.45) is 12.1. The number of carbonyl (C=O) groups excluding carboxylic acids is 2. The van der Waals surface area contributed by atoms with E-state index in [2.05, 4.69) is 29.7 Å². The van der Waals surface area contributed by atoms with Gasteiger partial charge in [0.15, 0.2) is 0 Å². The summed E-state index contributed by atoms with van der Waals surface area (Å²) in [5.41, 5.74) is 13.0. The van der Waals surface area contributed by atoms with E-state index in [4.69, 9.17) is 4.74 Å². The molecule has 15 heteroatoms. The van der Waals surface area contributed by atoms with E-state index in [1.807, 2.05) is 151 Å². The molecule has 0 spiro atoms. The minimum absolute atomic E-state index is 0.0169. The minimum Gasteiger partial charge on any atom is -0.481 e. The van der Waals surface area contributed by atoms with Crippen LogP contribution in [-0.4, -0.2) is 75.9 Å². The Labute approximate surface area is 388 Å². The van der Waals surface area contributed by atoms with Crippen molar-refractivity contribution in [1.82, 2.24) is 28.2 Å². The highest BCUT2D eigenvalue weighted by Crippen LogP contribution is 2.33. The van der Waals surface area contributed by atoms with Gasteiger partial charge in [0, 0.05) is 83.8 Å². The van der Waals surface area contributed by atoms with Crippen LogP contribution in [0.25, 0.3) is 45.3 Å². The fourth-order valence-electron chi connectivity index (χ4n) is 7.82. The highest BCUT2D eigenvalue weighted by molar-refractivity contribution is 5.92. The number of aryl methyl sites for hydroxylation is 4. The van der Waals surface area contributed by atoms with Crippen LogP contribution in [-0.2, 0) is 36.8 Å². The number of carboxylic acids is 2. The number of rotatable bonds is 17. The lowest BCUT2D eigenvalue weighted by Gasteiger charge is -2.17. The Morgan fingerprint density at radius 3 is 1.37 bits per heavy atom. The normalized spacial score (nSPS) is 10.9. The Kier molecular flexibility index (Phi) is 15.0. The molecular weight excluding hydrogens is 849 g/mol. The number of carbonyl (C=O) groups is 4. The third-order valence-electron chi connectivity index (χ3n) is 11.1. The Hall–Kier alpha value is -8.30.